The van der Waals surface area contributed by atoms with Gasteiger partial charge in [-0.3, -0.25) is 0 Å². The topological polar surface area (TPSA) is 111 Å². The van der Waals surface area contributed by atoms with E-state index in [4.69, 9.17) is 10.7 Å². The van der Waals surface area contributed by atoms with E-state index in [2.05, 4.69) is 16.0 Å². The minimum atomic E-state index is -1.42. The normalized spacial score (nSPS) is 24.6. The summed E-state index contributed by atoms with van der Waals surface area (Å²) in [6.45, 7) is 4.08. The van der Waals surface area contributed by atoms with Gasteiger partial charge in [0.1, 0.15) is 27.8 Å². The highest BCUT2D eigenvalue weighted by Gasteiger charge is 2.51. The van der Waals surface area contributed by atoms with Gasteiger partial charge in [0.2, 0.25) is 5.95 Å². The van der Waals surface area contributed by atoms with Gasteiger partial charge < -0.3 is 15.7 Å². The summed E-state index contributed by atoms with van der Waals surface area (Å²) >= 11 is 2.92. The fraction of sp³-hybridized carbons (Fsp3) is 0.444. The van der Waals surface area contributed by atoms with Crippen molar-refractivity contribution in [3.05, 3.63) is 39.6 Å². The summed E-state index contributed by atoms with van der Waals surface area (Å²) in [5.74, 6) is 0.639. The molecule has 2 aromatic rings. The molecule has 4 rings (SSSR count). The number of nitriles is 1. The Kier molecular flexibility index (Phi) is 4.56. The van der Waals surface area contributed by atoms with Gasteiger partial charge in [-0.15, -0.1) is 11.3 Å². The quantitative estimate of drug-likeness (QED) is 0.786. The van der Waals surface area contributed by atoms with Crippen LogP contribution in [0.1, 0.15) is 29.3 Å². The molecule has 2 aromatic heterocycles. The van der Waals surface area contributed by atoms with Gasteiger partial charge in [0.05, 0.1) is 12.7 Å². The van der Waals surface area contributed by atoms with Gasteiger partial charge >= 0.3 is 0 Å². The van der Waals surface area contributed by atoms with Crippen LogP contribution in [0.2, 0.25) is 0 Å². The van der Waals surface area contributed by atoms with Crippen molar-refractivity contribution in [1.29, 1.82) is 5.26 Å². The number of aliphatic imine (C=N–C) groups is 1. The Labute approximate surface area is 170 Å². The predicted molar refractivity (Wildman–Crippen MR) is 108 cm³/mol. The van der Waals surface area contributed by atoms with E-state index in [0.717, 1.165) is 16.8 Å². The van der Waals surface area contributed by atoms with Gasteiger partial charge in [-0.25, -0.2) is 19.4 Å². The van der Waals surface area contributed by atoms with E-state index in [0.29, 0.717) is 29.1 Å². The molecule has 0 bridgehead atoms. The van der Waals surface area contributed by atoms with Crippen molar-refractivity contribution >= 4 is 34.2 Å². The van der Waals surface area contributed by atoms with Crippen LogP contribution in [-0.2, 0) is 11.1 Å². The minimum Gasteiger partial charge on any atom is -0.384 e. The zero-order valence-corrected chi connectivity index (χ0v) is 17.0. The number of fused-ring (bicyclic) bond motifs is 1. The fourth-order valence-corrected chi connectivity index (χ4v) is 5.68. The maximum atomic E-state index is 14.1. The summed E-state index contributed by atoms with van der Waals surface area (Å²) in [6.07, 6.45) is 1.09. The number of nitrogens with zero attached hydrogens (tertiary/aromatic N) is 5. The largest absolute Gasteiger partial charge is 0.384 e. The zero-order valence-electron chi connectivity index (χ0n) is 15.4. The molecular formula is C18H19FN6OS2. The lowest BCUT2D eigenvalue weighted by atomic mass is 9.87. The van der Waals surface area contributed by atoms with E-state index in [-0.39, 0.29) is 11.6 Å². The van der Waals surface area contributed by atoms with Gasteiger partial charge in [-0.2, -0.15) is 5.26 Å². The Bertz CT molecular complexity index is 995. The molecule has 4 heterocycles. The third-order valence-corrected chi connectivity index (χ3v) is 7.14. The molecule has 1 unspecified atom stereocenters. The highest BCUT2D eigenvalue weighted by molar-refractivity contribution is 8.13. The first-order chi connectivity index (χ1) is 13.2. The second-order valence-corrected chi connectivity index (χ2v) is 9.59. The van der Waals surface area contributed by atoms with Crippen molar-refractivity contribution in [3.63, 3.8) is 0 Å². The SMILES string of the molecule is CC(C)(O)c1nc(N2C[C@H]3CSC(N)=NC3(c3ccc(C#N)s3)C2)ncc1F. The second kappa shape index (κ2) is 6.69. The van der Waals surface area contributed by atoms with Crippen molar-refractivity contribution in [2.75, 3.05) is 23.7 Å². The van der Waals surface area contributed by atoms with E-state index in [1.54, 1.807) is 6.07 Å². The Balaban J connectivity index is 1.75. The van der Waals surface area contributed by atoms with Crippen LogP contribution >= 0.6 is 23.1 Å². The highest BCUT2D eigenvalue weighted by Crippen LogP contribution is 2.48. The molecule has 1 saturated heterocycles. The summed E-state index contributed by atoms with van der Waals surface area (Å²) in [6, 6.07) is 5.90. The van der Waals surface area contributed by atoms with Crippen LogP contribution in [0, 0.1) is 23.1 Å². The molecule has 1 fully saturated rings. The maximum Gasteiger partial charge on any atom is 0.225 e. The number of halogens is 1. The number of hydrogen-bond acceptors (Lipinski definition) is 9. The third kappa shape index (κ3) is 3.13. The predicted octanol–water partition coefficient (Wildman–Crippen LogP) is 2.17. The number of aromatic nitrogens is 2. The Morgan fingerprint density at radius 2 is 2.25 bits per heavy atom. The van der Waals surface area contributed by atoms with Gasteiger partial charge in [0.15, 0.2) is 11.0 Å². The fourth-order valence-electron chi connectivity index (χ4n) is 3.69. The number of thiophene rings is 1. The lowest BCUT2D eigenvalue weighted by Crippen LogP contribution is -2.39. The molecule has 2 aliphatic rings. The Hall–Kier alpha value is -2.22. The average Bonchev–Trinajstić information content (AvgIpc) is 3.26. The number of amidine groups is 1. The summed E-state index contributed by atoms with van der Waals surface area (Å²) in [5.41, 5.74) is 4.02. The van der Waals surface area contributed by atoms with Crippen LogP contribution in [0.25, 0.3) is 0 Å². The number of aliphatic hydroxyl groups is 1. The smallest absolute Gasteiger partial charge is 0.225 e. The molecule has 7 nitrogen and oxygen atoms in total. The first-order valence-corrected chi connectivity index (χ1v) is 10.5. The van der Waals surface area contributed by atoms with Crippen LogP contribution < -0.4 is 10.6 Å². The van der Waals surface area contributed by atoms with Crippen LogP contribution in [0.3, 0.4) is 0 Å². The van der Waals surface area contributed by atoms with E-state index in [1.807, 2.05) is 11.0 Å². The standard InChI is InChI=1S/C18H19FN6OS2/c1-17(2,26)14-12(19)6-22-16(23-14)25-7-10-8-27-15(21)24-18(10,9-25)13-4-3-11(5-20)28-13/h3-4,6,10,26H,7-9H2,1-2H3,(H2,21,24)/t10-,18?/m0/s1. The van der Waals surface area contributed by atoms with Crippen LogP contribution in [0.4, 0.5) is 10.3 Å². The van der Waals surface area contributed by atoms with E-state index in [9.17, 15) is 14.8 Å². The molecule has 10 heteroatoms. The zero-order chi connectivity index (χ0) is 20.1. The summed E-state index contributed by atoms with van der Waals surface area (Å²) in [5, 5.41) is 19.9. The third-order valence-electron chi connectivity index (χ3n) is 5.03. The van der Waals surface area contributed by atoms with Crippen molar-refractivity contribution in [1.82, 2.24) is 9.97 Å². The number of rotatable bonds is 3. The summed E-state index contributed by atoms with van der Waals surface area (Å²) in [4.78, 5) is 16.8. The van der Waals surface area contributed by atoms with Crippen molar-refractivity contribution in [2.45, 2.75) is 25.0 Å². The van der Waals surface area contributed by atoms with E-state index in [1.165, 1.54) is 36.9 Å². The molecule has 3 N–H and O–H groups in total. The number of anilines is 1. The summed E-state index contributed by atoms with van der Waals surface area (Å²) < 4.78 is 14.1. The first kappa shape index (κ1) is 19.1. The number of hydrogen-bond donors (Lipinski definition) is 2. The van der Waals surface area contributed by atoms with Crippen LogP contribution in [0.15, 0.2) is 23.3 Å². The van der Waals surface area contributed by atoms with Crippen LogP contribution in [-0.4, -0.2) is 39.1 Å². The molecule has 0 spiro atoms. The number of thioether (sulfide) groups is 1. The molecule has 0 radical (unpaired) electrons. The second-order valence-electron chi connectivity index (χ2n) is 7.46. The molecule has 2 atom stereocenters. The molecule has 0 saturated carbocycles. The van der Waals surface area contributed by atoms with E-state index < -0.39 is 17.0 Å². The van der Waals surface area contributed by atoms with Gasteiger partial charge in [0, 0.05) is 23.1 Å². The van der Waals surface area contributed by atoms with Gasteiger partial charge in [-0.1, -0.05) is 11.8 Å². The Morgan fingerprint density at radius 3 is 2.93 bits per heavy atom. The van der Waals surface area contributed by atoms with Crippen molar-refractivity contribution in [3.8, 4) is 6.07 Å². The lowest BCUT2D eigenvalue weighted by molar-refractivity contribution is 0.0693. The molecule has 28 heavy (non-hydrogen) atoms. The molecule has 0 aliphatic carbocycles. The Morgan fingerprint density at radius 1 is 1.46 bits per heavy atom. The van der Waals surface area contributed by atoms with Crippen LogP contribution in [0.5, 0.6) is 0 Å². The minimum absolute atomic E-state index is 0.0401. The molecular weight excluding hydrogens is 399 g/mol. The molecule has 0 amide bonds. The monoisotopic (exact) mass is 418 g/mol. The van der Waals surface area contributed by atoms with E-state index >= 15 is 0 Å². The maximum absolute atomic E-state index is 14.1. The average molecular weight is 419 g/mol. The molecule has 146 valence electrons. The highest BCUT2D eigenvalue weighted by atomic mass is 32.2. The van der Waals surface area contributed by atoms with Crippen molar-refractivity contribution < 1.29 is 9.50 Å². The van der Waals surface area contributed by atoms with Gasteiger partial charge in [0.25, 0.3) is 0 Å². The first-order valence-electron chi connectivity index (χ1n) is 8.72. The van der Waals surface area contributed by atoms with Crippen molar-refractivity contribution in [2.24, 2.45) is 16.6 Å². The number of nitrogens with two attached hydrogens (primary N) is 1. The summed E-state index contributed by atoms with van der Waals surface area (Å²) in [7, 11) is 0. The van der Waals surface area contributed by atoms with Gasteiger partial charge in [-0.05, 0) is 26.0 Å². The molecule has 2 aliphatic heterocycles. The molecule has 0 aromatic carbocycles. The lowest BCUT2D eigenvalue weighted by Gasteiger charge is -2.33.